The summed E-state index contributed by atoms with van der Waals surface area (Å²) in [6.07, 6.45) is 9.06. The fourth-order valence-corrected chi connectivity index (χ4v) is 5.11. The molecule has 2 atom stereocenters. The van der Waals surface area contributed by atoms with Crippen molar-refractivity contribution in [3.63, 3.8) is 0 Å². The summed E-state index contributed by atoms with van der Waals surface area (Å²) < 4.78 is 23.8. The van der Waals surface area contributed by atoms with Gasteiger partial charge >= 0.3 is 0 Å². The second kappa shape index (κ2) is 7.93. The molecule has 1 heterocycles. The van der Waals surface area contributed by atoms with E-state index in [-0.39, 0.29) is 5.25 Å². The third kappa shape index (κ3) is 5.22. The van der Waals surface area contributed by atoms with Crippen LogP contribution in [0.1, 0.15) is 51.9 Å². The van der Waals surface area contributed by atoms with Gasteiger partial charge in [-0.05, 0) is 64.1 Å². The quantitative estimate of drug-likeness (QED) is 0.815. The Hall–Kier alpha value is -0.130. The lowest BCUT2D eigenvalue weighted by atomic mass is 9.91. The number of sulfone groups is 1. The van der Waals surface area contributed by atoms with Gasteiger partial charge in [0.25, 0.3) is 0 Å². The smallest absolute Gasteiger partial charge is 0.150 e. The summed E-state index contributed by atoms with van der Waals surface area (Å²) in [5.41, 5.74) is 0. The van der Waals surface area contributed by atoms with Gasteiger partial charge in [0.2, 0.25) is 0 Å². The largest absolute Gasteiger partial charge is 0.317 e. The first-order valence-electron chi connectivity index (χ1n) is 8.64. The SMILES string of the molecule is CCCN(CC1CCNCC1)C1CCCC(S(C)(=O)=O)C1. The lowest BCUT2D eigenvalue weighted by Crippen LogP contribution is -2.45. The summed E-state index contributed by atoms with van der Waals surface area (Å²) in [6, 6.07) is 0.480. The van der Waals surface area contributed by atoms with Crippen LogP contribution in [0.5, 0.6) is 0 Å². The standard InChI is InChI=1S/C16H32N2O2S/c1-3-11-18(13-14-7-9-17-10-8-14)15-5-4-6-16(12-15)21(2,19)20/h14-17H,3-13H2,1-2H3. The van der Waals surface area contributed by atoms with Gasteiger partial charge in [0, 0.05) is 18.8 Å². The zero-order chi connectivity index (χ0) is 15.3. The van der Waals surface area contributed by atoms with Crippen molar-refractivity contribution in [3.05, 3.63) is 0 Å². The van der Waals surface area contributed by atoms with Crippen molar-refractivity contribution < 1.29 is 8.42 Å². The van der Waals surface area contributed by atoms with Gasteiger partial charge in [0.05, 0.1) is 5.25 Å². The van der Waals surface area contributed by atoms with Crippen LogP contribution in [0.15, 0.2) is 0 Å². The molecule has 0 radical (unpaired) electrons. The van der Waals surface area contributed by atoms with Crippen LogP contribution in [0.2, 0.25) is 0 Å². The van der Waals surface area contributed by atoms with E-state index in [2.05, 4.69) is 17.1 Å². The van der Waals surface area contributed by atoms with Crippen LogP contribution >= 0.6 is 0 Å². The van der Waals surface area contributed by atoms with Gasteiger partial charge in [0.15, 0.2) is 0 Å². The number of hydrogen-bond donors (Lipinski definition) is 1. The average molecular weight is 317 g/mol. The van der Waals surface area contributed by atoms with E-state index < -0.39 is 9.84 Å². The van der Waals surface area contributed by atoms with Gasteiger partial charge in [-0.25, -0.2) is 8.42 Å². The molecular formula is C16H32N2O2S. The number of hydrogen-bond acceptors (Lipinski definition) is 4. The van der Waals surface area contributed by atoms with Gasteiger partial charge in [0.1, 0.15) is 9.84 Å². The highest BCUT2D eigenvalue weighted by Crippen LogP contribution is 2.28. The first-order chi connectivity index (χ1) is 10.0. The number of nitrogens with one attached hydrogen (secondary N) is 1. The Morgan fingerprint density at radius 2 is 1.86 bits per heavy atom. The van der Waals surface area contributed by atoms with E-state index in [9.17, 15) is 8.42 Å². The normalized spacial score (nSPS) is 28.9. The molecule has 0 bridgehead atoms. The van der Waals surface area contributed by atoms with E-state index in [1.165, 1.54) is 25.5 Å². The topological polar surface area (TPSA) is 49.4 Å². The van der Waals surface area contributed by atoms with E-state index in [1.54, 1.807) is 0 Å². The molecule has 0 aromatic carbocycles. The minimum atomic E-state index is -2.88. The molecule has 21 heavy (non-hydrogen) atoms. The molecule has 0 spiro atoms. The second-order valence-electron chi connectivity index (χ2n) is 6.96. The Balaban J connectivity index is 1.96. The predicted molar refractivity (Wildman–Crippen MR) is 88.3 cm³/mol. The van der Waals surface area contributed by atoms with Gasteiger partial charge < -0.3 is 10.2 Å². The Kier molecular flexibility index (Phi) is 6.51. The van der Waals surface area contributed by atoms with Gasteiger partial charge in [-0.3, -0.25) is 0 Å². The van der Waals surface area contributed by atoms with Crippen molar-refractivity contribution in [1.82, 2.24) is 10.2 Å². The third-order valence-electron chi connectivity index (χ3n) is 5.18. The minimum Gasteiger partial charge on any atom is -0.317 e. The molecule has 0 aromatic heterocycles. The van der Waals surface area contributed by atoms with E-state index >= 15 is 0 Å². The van der Waals surface area contributed by atoms with Crippen molar-refractivity contribution in [2.45, 2.75) is 63.2 Å². The molecule has 0 amide bonds. The number of piperidine rings is 1. The summed E-state index contributed by atoms with van der Waals surface area (Å²) in [5.74, 6) is 0.788. The molecule has 2 aliphatic rings. The second-order valence-corrected chi connectivity index (χ2v) is 9.29. The highest BCUT2D eigenvalue weighted by molar-refractivity contribution is 7.91. The summed E-state index contributed by atoms with van der Waals surface area (Å²) >= 11 is 0. The molecule has 1 N–H and O–H groups in total. The zero-order valence-corrected chi connectivity index (χ0v) is 14.5. The molecular weight excluding hydrogens is 284 g/mol. The van der Waals surface area contributed by atoms with Crippen LogP contribution in [-0.2, 0) is 9.84 Å². The highest BCUT2D eigenvalue weighted by atomic mass is 32.2. The van der Waals surface area contributed by atoms with Crippen LogP contribution < -0.4 is 5.32 Å². The third-order valence-corrected chi connectivity index (χ3v) is 6.82. The van der Waals surface area contributed by atoms with E-state index in [4.69, 9.17) is 0 Å². The first kappa shape index (κ1) is 17.2. The minimum absolute atomic E-state index is 0.108. The van der Waals surface area contributed by atoms with E-state index in [0.717, 1.165) is 57.8 Å². The van der Waals surface area contributed by atoms with Crippen molar-refractivity contribution >= 4 is 9.84 Å². The molecule has 5 heteroatoms. The Labute approximate surface area is 130 Å². The predicted octanol–water partition coefficient (Wildman–Crippen LogP) is 2.05. The monoisotopic (exact) mass is 316 g/mol. The van der Waals surface area contributed by atoms with Gasteiger partial charge in [-0.15, -0.1) is 0 Å². The Morgan fingerprint density at radius 1 is 1.14 bits per heavy atom. The first-order valence-corrected chi connectivity index (χ1v) is 10.6. The van der Waals surface area contributed by atoms with E-state index in [1.807, 2.05) is 0 Å². The molecule has 124 valence electrons. The van der Waals surface area contributed by atoms with Crippen molar-refractivity contribution in [2.75, 3.05) is 32.4 Å². The molecule has 2 unspecified atom stereocenters. The van der Waals surface area contributed by atoms with Crippen molar-refractivity contribution in [1.29, 1.82) is 0 Å². The fraction of sp³-hybridized carbons (Fsp3) is 1.00. The van der Waals surface area contributed by atoms with Crippen LogP contribution in [0.4, 0.5) is 0 Å². The lowest BCUT2D eigenvalue weighted by Gasteiger charge is -2.39. The summed E-state index contributed by atoms with van der Waals surface area (Å²) in [5, 5.41) is 3.32. The fourth-order valence-electron chi connectivity index (χ4n) is 3.95. The Bertz CT molecular complexity index is 405. The van der Waals surface area contributed by atoms with Crippen LogP contribution in [0.3, 0.4) is 0 Å². The molecule has 2 rings (SSSR count). The zero-order valence-electron chi connectivity index (χ0n) is 13.7. The molecule has 0 aromatic rings. The Morgan fingerprint density at radius 3 is 2.48 bits per heavy atom. The molecule has 1 aliphatic heterocycles. The van der Waals surface area contributed by atoms with Crippen LogP contribution in [-0.4, -0.2) is 57.0 Å². The maximum Gasteiger partial charge on any atom is 0.150 e. The van der Waals surface area contributed by atoms with Gasteiger partial charge in [-0.1, -0.05) is 13.3 Å². The molecule has 1 aliphatic carbocycles. The highest BCUT2D eigenvalue weighted by Gasteiger charge is 2.32. The molecule has 2 fully saturated rings. The summed E-state index contributed by atoms with van der Waals surface area (Å²) in [7, 11) is -2.88. The average Bonchev–Trinajstić information content (AvgIpc) is 2.47. The number of nitrogens with zero attached hydrogens (tertiary/aromatic N) is 1. The summed E-state index contributed by atoms with van der Waals surface area (Å²) in [4.78, 5) is 2.60. The maximum absolute atomic E-state index is 11.9. The maximum atomic E-state index is 11.9. The molecule has 1 saturated heterocycles. The number of rotatable bonds is 6. The lowest BCUT2D eigenvalue weighted by molar-refractivity contribution is 0.124. The summed E-state index contributed by atoms with van der Waals surface area (Å²) in [6.45, 7) is 6.79. The van der Waals surface area contributed by atoms with E-state index in [0.29, 0.717) is 6.04 Å². The van der Waals surface area contributed by atoms with Crippen LogP contribution in [0.25, 0.3) is 0 Å². The van der Waals surface area contributed by atoms with Crippen molar-refractivity contribution in [3.8, 4) is 0 Å². The van der Waals surface area contributed by atoms with Gasteiger partial charge in [-0.2, -0.15) is 0 Å². The molecule has 1 saturated carbocycles. The molecule has 4 nitrogen and oxygen atoms in total. The van der Waals surface area contributed by atoms with Crippen LogP contribution in [0, 0.1) is 5.92 Å². The van der Waals surface area contributed by atoms with Crippen molar-refractivity contribution in [2.24, 2.45) is 5.92 Å².